The molecule has 2 aliphatic heterocycles. The van der Waals surface area contributed by atoms with E-state index in [0.29, 0.717) is 17.4 Å². The van der Waals surface area contributed by atoms with Crippen LogP contribution in [0, 0.1) is 11.6 Å². The number of imide groups is 1. The van der Waals surface area contributed by atoms with Crippen LogP contribution in [0.3, 0.4) is 0 Å². The van der Waals surface area contributed by atoms with Crippen molar-refractivity contribution < 1.29 is 52.6 Å². The number of carboxylic acid groups (broad SMARTS) is 1. The minimum Gasteiger partial charge on any atom is -0.534 e. The number of amides is 5. The van der Waals surface area contributed by atoms with Gasteiger partial charge in [0.1, 0.15) is 28.6 Å². The van der Waals surface area contributed by atoms with Crippen LogP contribution >= 0.6 is 0 Å². The van der Waals surface area contributed by atoms with Crippen molar-refractivity contribution in [2.75, 3.05) is 26.2 Å². The first-order valence-electron chi connectivity index (χ1n) is 12.6. The Bertz CT molecular complexity index is 1450. The molecule has 0 spiro atoms. The number of aromatic hydroxyl groups is 1. The quantitative estimate of drug-likeness (QED) is 0.156. The van der Waals surface area contributed by atoms with Gasteiger partial charge in [-0.2, -0.15) is 0 Å². The maximum atomic E-state index is 14.8. The van der Waals surface area contributed by atoms with Crippen molar-refractivity contribution in [1.29, 1.82) is 0 Å². The zero-order chi connectivity index (χ0) is 30.7. The summed E-state index contributed by atoms with van der Waals surface area (Å²) in [6.07, 6.45) is 0.965. The molecule has 1 saturated heterocycles. The minimum absolute atomic E-state index is 0.00931. The normalized spacial score (nSPS) is 17.3. The summed E-state index contributed by atoms with van der Waals surface area (Å²) in [4.78, 5) is 68.4. The average molecular weight is 590 g/mol. The number of carboxylic acids is 1. The fraction of sp³-hybridized carbons (Fsp3) is 0.333. The first kappa shape index (κ1) is 30.1. The van der Waals surface area contributed by atoms with E-state index < -0.39 is 83.2 Å². The van der Waals surface area contributed by atoms with Gasteiger partial charge >= 0.3 is 30.9 Å². The SMILES string of the molecule is NCCCN1CCN(C(=O)NC(C(=O)N[C@H]2Cc3ccc(F)c(C(=O)O)c3OB2O)c2ncc(O)cc2F)C(=O)C1=O. The molecule has 15 nitrogen and oxygen atoms in total. The van der Waals surface area contributed by atoms with Gasteiger partial charge in [0.2, 0.25) is 5.91 Å². The topological polar surface area (TPSA) is 225 Å². The van der Waals surface area contributed by atoms with E-state index in [0.717, 1.165) is 12.3 Å². The Morgan fingerprint density at radius 2 is 1.93 bits per heavy atom. The third-order valence-electron chi connectivity index (χ3n) is 6.60. The second kappa shape index (κ2) is 12.4. The smallest absolute Gasteiger partial charge is 0.534 e. The summed E-state index contributed by atoms with van der Waals surface area (Å²) < 4.78 is 34.0. The van der Waals surface area contributed by atoms with Crippen LogP contribution in [0.5, 0.6) is 11.5 Å². The van der Waals surface area contributed by atoms with Gasteiger partial charge in [-0.1, -0.05) is 6.07 Å². The number of urea groups is 1. The fourth-order valence-corrected chi connectivity index (χ4v) is 4.50. The van der Waals surface area contributed by atoms with Crippen LogP contribution in [-0.4, -0.2) is 99.0 Å². The van der Waals surface area contributed by atoms with Crippen molar-refractivity contribution in [3.05, 3.63) is 52.9 Å². The summed E-state index contributed by atoms with van der Waals surface area (Å²) in [5.41, 5.74) is 4.06. The number of halogens is 2. The maximum Gasteiger partial charge on any atom is 0.547 e. The molecule has 0 aliphatic carbocycles. The number of pyridine rings is 1. The molecule has 1 aromatic heterocycles. The number of nitrogens with zero attached hydrogens (tertiary/aromatic N) is 3. The van der Waals surface area contributed by atoms with Crippen molar-refractivity contribution >= 4 is 36.8 Å². The highest BCUT2D eigenvalue weighted by Gasteiger charge is 2.42. The number of piperazine rings is 1. The van der Waals surface area contributed by atoms with Crippen LogP contribution in [-0.2, 0) is 20.8 Å². The summed E-state index contributed by atoms with van der Waals surface area (Å²) in [6, 6.07) is -0.495. The first-order valence-corrected chi connectivity index (χ1v) is 12.6. The zero-order valence-corrected chi connectivity index (χ0v) is 21.8. The van der Waals surface area contributed by atoms with E-state index in [4.69, 9.17) is 10.4 Å². The van der Waals surface area contributed by atoms with Gasteiger partial charge < -0.3 is 41.2 Å². The van der Waals surface area contributed by atoms with Gasteiger partial charge in [-0.3, -0.25) is 24.3 Å². The molecule has 4 rings (SSSR count). The Labute approximate surface area is 236 Å². The number of nitrogens with one attached hydrogen (secondary N) is 2. The molecule has 1 aromatic carbocycles. The van der Waals surface area contributed by atoms with E-state index in [1.54, 1.807) is 0 Å². The highest BCUT2D eigenvalue weighted by molar-refractivity contribution is 6.47. The predicted molar refractivity (Wildman–Crippen MR) is 137 cm³/mol. The number of benzene rings is 1. The Morgan fingerprint density at radius 3 is 2.60 bits per heavy atom. The molecule has 3 heterocycles. The van der Waals surface area contributed by atoms with E-state index in [1.165, 1.54) is 11.0 Å². The van der Waals surface area contributed by atoms with Crippen molar-refractivity contribution in [3.8, 4) is 11.5 Å². The van der Waals surface area contributed by atoms with Gasteiger partial charge in [-0.15, -0.1) is 0 Å². The van der Waals surface area contributed by atoms with Gasteiger partial charge in [0.05, 0.1) is 12.1 Å². The van der Waals surface area contributed by atoms with Crippen molar-refractivity contribution in [2.45, 2.75) is 24.8 Å². The number of rotatable bonds is 8. The standard InChI is InChI=1S/C24H25BF2N6O9/c26-13-3-2-11-8-15(25(41)42-19(11)16(13)23(38)39)30-20(35)18(17-14(27)9-12(34)10-29-17)31-24(40)33-7-6-32(5-1-4-28)21(36)22(33)37/h2-3,9-10,15,18,34,41H,1,4-8,28H2,(H,30,35)(H,31,40)(H,38,39)/t15-,18?/m0/s1. The fourth-order valence-electron chi connectivity index (χ4n) is 4.50. The highest BCUT2D eigenvalue weighted by atomic mass is 19.1. The molecule has 7 N–H and O–H groups in total. The van der Waals surface area contributed by atoms with E-state index in [-0.39, 0.29) is 38.2 Å². The van der Waals surface area contributed by atoms with Gasteiger partial charge in [0.15, 0.2) is 11.9 Å². The number of hydrogen-bond acceptors (Lipinski definition) is 10. The number of carbonyl (C=O) groups is 5. The molecule has 0 radical (unpaired) electrons. The summed E-state index contributed by atoms with van der Waals surface area (Å²) in [5.74, 6) is -9.62. The van der Waals surface area contributed by atoms with Crippen LogP contribution in [0.2, 0.25) is 0 Å². The van der Waals surface area contributed by atoms with E-state index in [2.05, 4.69) is 15.6 Å². The lowest BCUT2D eigenvalue weighted by molar-refractivity contribution is -0.153. The number of fused-ring (bicyclic) bond motifs is 1. The molecule has 222 valence electrons. The summed E-state index contributed by atoms with van der Waals surface area (Å²) in [7, 11) is -1.89. The summed E-state index contributed by atoms with van der Waals surface area (Å²) in [6.45, 7) is 0.216. The van der Waals surface area contributed by atoms with Gasteiger partial charge in [-0.25, -0.2) is 18.4 Å². The third kappa shape index (κ3) is 6.08. The van der Waals surface area contributed by atoms with E-state index in [9.17, 15) is 48.0 Å². The average Bonchev–Trinajstić information content (AvgIpc) is 2.93. The third-order valence-corrected chi connectivity index (χ3v) is 6.60. The molecule has 0 saturated carbocycles. The summed E-state index contributed by atoms with van der Waals surface area (Å²) >= 11 is 0. The molecule has 42 heavy (non-hydrogen) atoms. The Hall–Kier alpha value is -4.84. The predicted octanol–water partition coefficient (Wildman–Crippen LogP) is -1.33. The largest absolute Gasteiger partial charge is 0.547 e. The number of nitrogens with two attached hydrogens (primary N) is 1. The Balaban J connectivity index is 1.56. The van der Waals surface area contributed by atoms with Crippen molar-refractivity contribution in [2.24, 2.45) is 5.73 Å². The lowest BCUT2D eigenvalue weighted by atomic mass is 9.72. The molecule has 18 heteroatoms. The Morgan fingerprint density at radius 1 is 1.19 bits per heavy atom. The molecule has 2 aliphatic rings. The zero-order valence-electron chi connectivity index (χ0n) is 21.8. The van der Waals surface area contributed by atoms with Crippen molar-refractivity contribution in [1.82, 2.24) is 25.4 Å². The van der Waals surface area contributed by atoms with Crippen LogP contribution in [0.1, 0.15) is 34.1 Å². The highest BCUT2D eigenvalue weighted by Crippen LogP contribution is 2.32. The first-order chi connectivity index (χ1) is 19.9. The number of carbonyl (C=O) groups excluding carboxylic acids is 4. The molecular weight excluding hydrogens is 565 g/mol. The number of aromatic carboxylic acids is 1. The maximum absolute atomic E-state index is 14.8. The minimum atomic E-state index is -1.95. The van der Waals surface area contributed by atoms with E-state index in [1.807, 2.05) is 0 Å². The molecule has 2 atom stereocenters. The monoisotopic (exact) mass is 590 g/mol. The van der Waals surface area contributed by atoms with Gasteiger partial charge in [0.25, 0.3) is 0 Å². The molecular formula is C24H25BF2N6O9. The van der Waals surface area contributed by atoms with Crippen molar-refractivity contribution in [3.63, 3.8) is 0 Å². The van der Waals surface area contributed by atoms with Crippen LogP contribution in [0.4, 0.5) is 13.6 Å². The van der Waals surface area contributed by atoms with Gasteiger partial charge in [0, 0.05) is 25.7 Å². The lowest BCUT2D eigenvalue weighted by Gasteiger charge is -2.33. The second-order valence-corrected chi connectivity index (χ2v) is 9.38. The molecule has 2 aromatic rings. The molecule has 1 unspecified atom stereocenters. The van der Waals surface area contributed by atoms with E-state index >= 15 is 0 Å². The summed E-state index contributed by atoms with van der Waals surface area (Å²) in [5, 5.41) is 33.8. The van der Waals surface area contributed by atoms with Crippen LogP contribution in [0.15, 0.2) is 24.4 Å². The lowest BCUT2D eigenvalue weighted by Crippen LogP contribution is -2.60. The molecule has 0 bridgehead atoms. The molecule has 1 fully saturated rings. The van der Waals surface area contributed by atoms with Crippen LogP contribution < -0.4 is 21.0 Å². The number of hydrogen-bond donors (Lipinski definition) is 6. The number of aromatic nitrogens is 1. The second-order valence-electron chi connectivity index (χ2n) is 9.38. The van der Waals surface area contributed by atoms with Gasteiger partial charge in [-0.05, 0) is 31.0 Å². The van der Waals surface area contributed by atoms with Crippen LogP contribution in [0.25, 0.3) is 0 Å². The Kier molecular flexibility index (Phi) is 8.86. The molecule has 5 amide bonds.